The van der Waals surface area contributed by atoms with Gasteiger partial charge in [0.25, 0.3) is 0 Å². The largest absolute Gasteiger partial charge is 0.359 e. The molecule has 0 radical (unpaired) electrons. The van der Waals surface area contributed by atoms with Crippen molar-refractivity contribution in [1.82, 2.24) is 30.0 Å². The van der Waals surface area contributed by atoms with Gasteiger partial charge in [0.2, 0.25) is 11.9 Å². The quantitative estimate of drug-likeness (QED) is 0.449. The Bertz CT molecular complexity index is 1390. The fraction of sp³-hybridized carbons (Fsp3) is 0.273. The molecule has 160 valence electrons. The second-order valence-corrected chi connectivity index (χ2v) is 8.53. The van der Waals surface area contributed by atoms with E-state index in [9.17, 15) is 10.1 Å². The lowest BCUT2D eigenvalue weighted by Crippen LogP contribution is -2.27. The van der Waals surface area contributed by atoms with E-state index in [0.29, 0.717) is 27.3 Å². The van der Waals surface area contributed by atoms with Gasteiger partial charge in [-0.1, -0.05) is 12.1 Å². The summed E-state index contributed by atoms with van der Waals surface area (Å²) in [5.41, 5.74) is 2.54. The summed E-state index contributed by atoms with van der Waals surface area (Å²) in [6.07, 6.45) is 5.89. The maximum Gasteiger partial charge on any atom is 0.224 e. The van der Waals surface area contributed by atoms with E-state index in [0.717, 1.165) is 35.7 Å². The van der Waals surface area contributed by atoms with Gasteiger partial charge in [-0.05, 0) is 47.3 Å². The molecule has 2 N–H and O–H groups in total. The highest BCUT2D eigenvalue weighted by atomic mass is 79.9. The zero-order valence-corrected chi connectivity index (χ0v) is 18.8. The summed E-state index contributed by atoms with van der Waals surface area (Å²) < 4.78 is 2.34. The highest BCUT2D eigenvalue weighted by molar-refractivity contribution is 9.10. The first-order valence-electron chi connectivity index (χ1n) is 10.3. The Hall–Kier alpha value is -3.58. The topological polar surface area (TPSA) is 121 Å². The molecule has 0 spiro atoms. The molecule has 1 aromatic carbocycles. The van der Waals surface area contributed by atoms with Gasteiger partial charge >= 0.3 is 0 Å². The second kappa shape index (κ2) is 8.16. The third-order valence-corrected chi connectivity index (χ3v) is 6.41. The first kappa shape index (κ1) is 20.3. The molecule has 1 aliphatic carbocycles. The number of pyridine rings is 1. The van der Waals surface area contributed by atoms with E-state index in [2.05, 4.69) is 47.7 Å². The van der Waals surface area contributed by atoms with Gasteiger partial charge in [-0.2, -0.15) is 15.3 Å². The van der Waals surface area contributed by atoms with E-state index in [1.165, 1.54) is 0 Å². The highest BCUT2D eigenvalue weighted by Gasteiger charge is 2.29. The van der Waals surface area contributed by atoms with Crippen molar-refractivity contribution in [2.24, 2.45) is 5.92 Å². The minimum absolute atomic E-state index is 0.0166. The maximum atomic E-state index is 11.9. The predicted octanol–water partition coefficient (Wildman–Crippen LogP) is 3.32. The molecule has 3 heterocycles. The van der Waals surface area contributed by atoms with Gasteiger partial charge in [0, 0.05) is 30.6 Å². The number of hydrogen-bond donors (Lipinski definition) is 2. The van der Waals surface area contributed by atoms with E-state index in [4.69, 9.17) is 4.98 Å². The molecule has 0 aliphatic heterocycles. The summed E-state index contributed by atoms with van der Waals surface area (Å²) in [5.74, 6) is 0.591. The molecular formula is C22H19BrN8O. The Morgan fingerprint density at radius 1 is 1.28 bits per heavy atom. The molecule has 0 bridgehead atoms. The normalized spacial score (nSPS) is 18.0. The van der Waals surface area contributed by atoms with E-state index in [1.54, 1.807) is 30.2 Å². The number of fused-ring (bicyclic) bond motifs is 2. The van der Waals surface area contributed by atoms with Gasteiger partial charge in [-0.25, -0.2) is 9.67 Å². The van der Waals surface area contributed by atoms with Crippen molar-refractivity contribution in [3.63, 3.8) is 0 Å². The first-order valence-corrected chi connectivity index (χ1v) is 11.1. The van der Waals surface area contributed by atoms with Gasteiger partial charge in [0.05, 0.1) is 28.4 Å². The molecule has 1 aliphatic rings. The lowest BCUT2D eigenvalue weighted by molar-refractivity contribution is -0.124. The van der Waals surface area contributed by atoms with Gasteiger partial charge in [0.1, 0.15) is 10.7 Å². The van der Waals surface area contributed by atoms with Crippen molar-refractivity contribution in [2.45, 2.75) is 25.3 Å². The summed E-state index contributed by atoms with van der Waals surface area (Å²) >= 11 is 3.49. The SMILES string of the molecule is CNC(=O)[C@@H]1CC[C@@H](Nc2ncc3c(Br)nn(-c4cnc5c(C#N)cccc5c4)c3n2)C1. The molecule has 3 aromatic heterocycles. The fourth-order valence-electron chi connectivity index (χ4n) is 4.21. The lowest BCUT2D eigenvalue weighted by Gasteiger charge is -2.13. The van der Waals surface area contributed by atoms with Gasteiger partial charge in [-0.15, -0.1) is 0 Å². The van der Waals surface area contributed by atoms with Crippen molar-refractivity contribution in [3.05, 3.63) is 46.8 Å². The predicted molar refractivity (Wildman–Crippen MR) is 123 cm³/mol. The number of benzene rings is 1. The van der Waals surface area contributed by atoms with Crippen molar-refractivity contribution in [2.75, 3.05) is 12.4 Å². The number of carbonyl (C=O) groups excluding carboxylic acids is 1. The van der Waals surface area contributed by atoms with Crippen LogP contribution in [0.3, 0.4) is 0 Å². The molecule has 9 nitrogen and oxygen atoms in total. The summed E-state index contributed by atoms with van der Waals surface area (Å²) in [6.45, 7) is 0. The van der Waals surface area contributed by atoms with Crippen molar-refractivity contribution >= 4 is 49.7 Å². The van der Waals surface area contributed by atoms with E-state index < -0.39 is 0 Å². The minimum atomic E-state index is 0.0166. The molecule has 1 amide bonds. The van der Waals surface area contributed by atoms with Crippen LogP contribution in [0.25, 0.3) is 27.6 Å². The first-order chi connectivity index (χ1) is 15.6. The molecule has 10 heteroatoms. The number of carbonyl (C=O) groups is 1. The number of nitrogens with one attached hydrogen (secondary N) is 2. The third kappa shape index (κ3) is 3.54. The van der Waals surface area contributed by atoms with E-state index in [1.807, 2.05) is 18.2 Å². The smallest absolute Gasteiger partial charge is 0.224 e. The van der Waals surface area contributed by atoms with Crippen LogP contribution in [-0.2, 0) is 4.79 Å². The molecule has 1 fully saturated rings. The zero-order chi connectivity index (χ0) is 22.2. The Morgan fingerprint density at radius 2 is 2.16 bits per heavy atom. The van der Waals surface area contributed by atoms with Crippen LogP contribution >= 0.6 is 15.9 Å². The number of hydrogen-bond acceptors (Lipinski definition) is 7. The Kier molecular flexibility index (Phi) is 5.19. The molecular weight excluding hydrogens is 472 g/mol. The van der Waals surface area contributed by atoms with E-state index >= 15 is 0 Å². The Balaban J connectivity index is 1.49. The van der Waals surface area contributed by atoms with Crippen LogP contribution in [0.5, 0.6) is 0 Å². The van der Waals surface area contributed by atoms with Gasteiger partial charge in [0.15, 0.2) is 5.65 Å². The van der Waals surface area contributed by atoms with Crippen LogP contribution in [0.15, 0.2) is 41.3 Å². The lowest BCUT2D eigenvalue weighted by atomic mass is 10.1. The van der Waals surface area contributed by atoms with Crippen LogP contribution in [0.4, 0.5) is 5.95 Å². The number of nitrogens with zero attached hydrogens (tertiary/aromatic N) is 6. The summed E-state index contributed by atoms with van der Waals surface area (Å²) in [6, 6.07) is 9.74. The Morgan fingerprint density at radius 3 is 2.97 bits per heavy atom. The number of nitriles is 1. The second-order valence-electron chi connectivity index (χ2n) is 7.78. The van der Waals surface area contributed by atoms with Crippen molar-refractivity contribution < 1.29 is 4.79 Å². The monoisotopic (exact) mass is 490 g/mol. The molecule has 0 unspecified atom stereocenters. The average molecular weight is 491 g/mol. The van der Waals surface area contributed by atoms with Crippen molar-refractivity contribution in [1.29, 1.82) is 5.26 Å². The molecule has 32 heavy (non-hydrogen) atoms. The van der Waals surface area contributed by atoms with Crippen LogP contribution in [0.2, 0.25) is 0 Å². The van der Waals surface area contributed by atoms with Crippen LogP contribution in [-0.4, -0.2) is 43.7 Å². The molecule has 4 aromatic rings. The highest BCUT2D eigenvalue weighted by Crippen LogP contribution is 2.29. The standard InChI is InChI=1S/C22H19BrN8O/c1-25-21(32)13-5-6-15(7-13)28-22-27-11-17-19(23)30-31(20(17)29-22)16-8-12-3-2-4-14(9-24)18(12)26-10-16/h2-4,8,10-11,13,15H,5-7H2,1H3,(H,25,32)(H,27,28,29)/t13-,15-/m1/s1. The maximum absolute atomic E-state index is 11.9. The zero-order valence-electron chi connectivity index (χ0n) is 17.2. The summed E-state index contributed by atoms with van der Waals surface area (Å²) in [7, 11) is 1.67. The molecule has 1 saturated carbocycles. The third-order valence-electron chi connectivity index (χ3n) is 5.82. The van der Waals surface area contributed by atoms with Gasteiger partial charge in [-0.3, -0.25) is 9.78 Å². The molecule has 2 atom stereocenters. The average Bonchev–Trinajstić information content (AvgIpc) is 3.42. The number of para-hydroxylation sites is 1. The van der Waals surface area contributed by atoms with Gasteiger partial charge < -0.3 is 10.6 Å². The van der Waals surface area contributed by atoms with Crippen LogP contribution in [0, 0.1) is 17.2 Å². The van der Waals surface area contributed by atoms with Crippen LogP contribution < -0.4 is 10.6 Å². The fourth-order valence-corrected chi connectivity index (χ4v) is 4.65. The number of halogens is 1. The summed E-state index contributed by atoms with van der Waals surface area (Å²) in [5, 5.41) is 21.6. The van der Waals surface area contributed by atoms with Crippen molar-refractivity contribution in [3.8, 4) is 11.8 Å². The number of rotatable bonds is 4. The Labute approximate surface area is 192 Å². The minimum Gasteiger partial charge on any atom is -0.359 e. The number of aromatic nitrogens is 5. The van der Waals surface area contributed by atoms with Crippen LogP contribution in [0.1, 0.15) is 24.8 Å². The molecule has 0 saturated heterocycles. The molecule has 5 rings (SSSR count). The van der Waals surface area contributed by atoms with E-state index in [-0.39, 0.29) is 17.9 Å². The summed E-state index contributed by atoms with van der Waals surface area (Å²) in [4.78, 5) is 25.6. The number of amides is 1. The number of anilines is 1.